The van der Waals surface area contributed by atoms with E-state index in [1.165, 1.54) is 0 Å². The number of aryl methyl sites for hydroxylation is 1. The Hall–Kier alpha value is -2.00. The van der Waals surface area contributed by atoms with E-state index in [-0.39, 0.29) is 0 Å². The quantitative estimate of drug-likeness (QED) is 0.596. The van der Waals surface area contributed by atoms with Crippen molar-refractivity contribution in [3.8, 4) is 11.8 Å². The molecule has 2 rings (SSSR count). The summed E-state index contributed by atoms with van der Waals surface area (Å²) in [5.74, 6) is 1.63. The van der Waals surface area contributed by atoms with Gasteiger partial charge >= 0.3 is 0 Å². The summed E-state index contributed by atoms with van der Waals surface area (Å²) in [6.07, 6.45) is 2.11. The van der Waals surface area contributed by atoms with Gasteiger partial charge in [-0.25, -0.2) is 0 Å². The lowest BCUT2D eigenvalue weighted by Crippen LogP contribution is -2.01. The van der Waals surface area contributed by atoms with Gasteiger partial charge in [0.05, 0.1) is 19.1 Å². The molecule has 6 heteroatoms. The van der Waals surface area contributed by atoms with Crippen LogP contribution in [0.4, 0.5) is 0 Å². The molecular weight excluding hydrogens is 260 g/mol. The van der Waals surface area contributed by atoms with E-state index in [9.17, 15) is 0 Å². The SMILES string of the molecule is Cn1cnnc1SCCOc1ccc(CC#N)cc1. The van der Waals surface area contributed by atoms with Gasteiger partial charge in [-0.1, -0.05) is 23.9 Å². The van der Waals surface area contributed by atoms with Gasteiger partial charge < -0.3 is 9.30 Å². The molecule has 5 nitrogen and oxygen atoms in total. The number of hydrogen-bond donors (Lipinski definition) is 0. The minimum atomic E-state index is 0.433. The molecule has 0 bridgehead atoms. The Morgan fingerprint density at radius 2 is 2.16 bits per heavy atom. The van der Waals surface area contributed by atoms with Crippen LogP contribution in [0.2, 0.25) is 0 Å². The molecule has 98 valence electrons. The van der Waals surface area contributed by atoms with E-state index in [1.807, 2.05) is 35.9 Å². The summed E-state index contributed by atoms with van der Waals surface area (Å²) in [6.45, 7) is 0.606. The van der Waals surface area contributed by atoms with Crippen molar-refractivity contribution in [1.29, 1.82) is 5.26 Å². The molecule has 19 heavy (non-hydrogen) atoms. The monoisotopic (exact) mass is 274 g/mol. The topological polar surface area (TPSA) is 63.7 Å². The Labute approximate surface area is 116 Å². The van der Waals surface area contributed by atoms with Crippen molar-refractivity contribution in [2.75, 3.05) is 12.4 Å². The van der Waals surface area contributed by atoms with Crippen molar-refractivity contribution in [3.05, 3.63) is 36.2 Å². The summed E-state index contributed by atoms with van der Waals surface area (Å²) in [4.78, 5) is 0. The van der Waals surface area contributed by atoms with Crippen LogP contribution >= 0.6 is 11.8 Å². The van der Waals surface area contributed by atoms with E-state index in [0.717, 1.165) is 22.2 Å². The maximum atomic E-state index is 8.58. The van der Waals surface area contributed by atoms with Gasteiger partial charge in [-0.2, -0.15) is 5.26 Å². The number of ether oxygens (including phenoxy) is 1. The molecule has 0 unspecified atom stereocenters. The van der Waals surface area contributed by atoms with E-state index >= 15 is 0 Å². The van der Waals surface area contributed by atoms with Crippen molar-refractivity contribution in [2.24, 2.45) is 7.05 Å². The molecule has 0 aliphatic rings. The van der Waals surface area contributed by atoms with E-state index < -0.39 is 0 Å². The minimum absolute atomic E-state index is 0.433. The van der Waals surface area contributed by atoms with Crippen LogP contribution < -0.4 is 4.74 Å². The van der Waals surface area contributed by atoms with Crippen LogP contribution in [-0.2, 0) is 13.5 Å². The summed E-state index contributed by atoms with van der Waals surface area (Å²) in [6, 6.07) is 9.72. The molecule has 0 saturated heterocycles. The molecule has 0 radical (unpaired) electrons. The summed E-state index contributed by atoms with van der Waals surface area (Å²) in [7, 11) is 1.91. The van der Waals surface area contributed by atoms with Crippen molar-refractivity contribution in [3.63, 3.8) is 0 Å². The number of hydrogen-bond acceptors (Lipinski definition) is 5. The highest BCUT2D eigenvalue weighted by Crippen LogP contribution is 2.15. The summed E-state index contributed by atoms with van der Waals surface area (Å²) in [5.41, 5.74) is 1.00. The molecule has 2 aromatic rings. The average Bonchev–Trinajstić information content (AvgIpc) is 2.83. The molecule has 1 aromatic heterocycles. The number of rotatable bonds is 6. The summed E-state index contributed by atoms with van der Waals surface area (Å²) in [5, 5.41) is 17.3. The highest BCUT2D eigenvalue weighted by Gasteiger charge is 2.01. The fraction of sp³-hybridized carbons (Fsp3) is 0.308. The fourth-order valence-corrected chi connectivity index (χ4v) is 2.20. The molecule has 0 saturated carbocycles. The highest BCUT2D eigenvalue weighted by atomic mass is 32.2. The Kier molecular flexibility index (Phi) is 4.81. The molecular formula is C13H14N4OS. The lowest BCUT2D eigenvalue weighted by Gasteiger charge is -2.06. The molecule has 0 spiro atoms. The molecule has 0 N–H and O–H groups in total. The second kappa shape index (κ2) is 6.81. The van der Waals surface area contributed by atoms with E-state index in [4.69, 9.17) is 10.00 Å². The number of benzene rings is 1. The van der Waals surface area contributed by atoms with Gasteiger partial charge in [-0.3, -0.25) is 0 Å². The van der Waals surface area contributed by atoms with Crippen LogP contribution in [-0.4, -0.2) is 27.1 Å². The normalized spacial score (nSPS) is 10.1. The Balaban J connectivity index is 1.74. The minimum Gasteiger partial charge on any atom is -0.493 e. The van der Waals surface area contributed by atoms with Crippen LogP contribution in [0.15, 0.2) is 35.7 Å². The Bertz CT molecular complexity index is 559. The van der Waals surface area contributed by atoms with Gasteiger partial charge in [0.25, 0.3) is 0 Å². The lowest BCUT2D eigenvalue weighted by molar-refractivity contribution is 0.343. The van der Waals surface area contributed by atoms with Crippen LogP contribution in [0, 0.1) is 11.3 Å². The number of aromatic nitrogens is 3. The predicted octanol–water partition coefficient (Wildman–Crippen LogP) is 2.05. The molecule has 1 aromatic carbocycles. The first-order valence-electron chi connectivity index (χ1n) is 5.85. The number of thioether (sulfide) groups is 1. The third-order valence-corrected chi connectivity index (χ3v) is 3.46. The first-order valence-corrected chi connectivity index (χ1v) is 6.83. The van der Waals surface area contributed by atoms with Gasteiger partial charge in [-0.15, -0.1) is 10.2 Å². The zero-order valence-corrected chi connectivity index (χ0v) is 11.4. The van der Waals surface area contributed by atoms with Crippen molar-refractivity contribution >= 4 is 11.8 Å². The largest absolute Gasteiger partial charge is 0.493 e. The van der Waals surface area contributed by atoms with Gasteiger partial charge in [0.2, 0.25) is 0 Å². The molecule has 0 atom stereocenters. The summed E-state index contributed by atoms with van der Waals surface area (Å²) >= 11 is 1.61. The zero-order chi connectivity index (χ0) is 13.5. The highest BCUT2D eigenvalue weighted by molar-refractivity contribution is 7.99. The van der Waals surface area contributed by atoms with Crippen LogP contribution in [0.25, 0.3) is 0 Å². The maximum Gasteiger partial charge on any atom is 0.190 e. The van der Waals surface area contributed by atoms with Crippen molar-refractivity contribution < 1.29 is 4.74 Å². The maximum absolute atomic E-state index is 8.58. The van der Waals surface area contributed by atoms with Gasteiger partial charge in [-0.05, 0) is 17.7 Å². The van der Waals surface area contributed by atoms with Gasteiger partial charge in [0.1, 0.15) is 12.1 Å². The number of nitrogens with zero attached hydrogens (tertiary/aromatic N) is 4. The second-order valence-electron chi connectivity index (χ2n) is 3.90. The fourth-order valence-electron chi connectivity index (χ4n) is 1.49. The standard InChI is InChI=1S/C13H14N4OS/c1-17-10-15-16-13(17)19-9-8-18-12-4-2-11(3-5-12)6-7-14/h2-5,10H,6,8-9H2,1H3. The summed E-state index contributed by atoms with van der Waals surface area (Å²) < 4.78 is 7.49. The third-order valence-electron chi connectivity index (χ3n) is 2.46. The molecule has 0 fully saturated rings. The molecule has 1 heterocycles. The van der Waals surface area contributed by atoms with Crippen LogP contribution in [0.1, 0.15) is 5.56 Å². The molecule has 0 aliphatic heterocycles. The Morgan fingerprint density at radius 3 is 2.79 bits per heavy atom. The third kappa shape index (κ3) is 4.00. The predicted molar refractivity (Wildman–Crippen MR) is 73.0 cm³/mol. The number of nitriles is 1. The van der Waals surface area contributed by atoms with E-state index in [1.54, 1.807) is 18.1 Å². The lowest BCUT2D eigenvalue weighted by atomic mass is 10.2. The smallest absolute Gasteiger partial charge is 0.190 e. The Morgan fingerprint density at radius 1 is 1.37 bits per heavy atom. The van der Waals surface area contributed by atoms with Gasteiger partial charge in [0, 0.05) is 12.8 Å². The van der Waals surface area contributed by atoms with Crippen LogP contribution in [0.3, 0.4) is 0 Å². The zero-order valence-electron chi connectivity index (χ0n) is 10.6. The van der Waals surface area contributed by atoms with Crippen molar-refractivity contribution in [2.45, 2.75) is 11.6 Å². The molecule has 0 aliphatic carbocycles. The van der Waals surface area contributed by atoms with Crippen LogP contribution in [0.5, 0.6) is 5.75 Å². The first-order chi connectivity index (χ1) is 9.29. The second-order valence-corrected chi connectivity index (χ2v) is 4.96. The first kappa shape index (κ1) is 13.4. The van der Waals surface area contributed by atoms with E-state index in [2.05, 4.69) is 16.3 Å². The van der Waals surface area contributed by atoms with Gasteiger partial charge in [0.15, 0.2) is 5.16 Å². The van der Waals surface area contributed by atoms with E-state index in [0.29, 0.717) is 13.0 Å². The van der Waals surface area contributed by atoms with Crippen molar-refractivity contribution in [1.82, 2.24) is 14.8 Å². The average molecular weight is 274 g/mol. The molecule has 0 amide bonds.